The molecular weight excluding hydrogens is 319 g/mol. The molecule has 2 aromatic rings. The fourth-order valence-corrected chi connectivity index (χ4v) is 2.66. The predicted molar refractivity (Wildman–Crippen MR) is 85.8 cm³/mol. The number of carbonyl (C=O) groups excluding carboxylic acids is 1. The quantitative estimate of drug-likeness (QED) is 0.804. The van der Waals surface area contributed by atoms with Crippen LogP contribution in [0.2, 0.25) is 5.15 Å². The molecule has 120 valence electrons. The molecule has 0 N–H and O–H groups in total. The van der Waals surface area contributed by atoms with Crippen molar-refractivity contribution >= 4 is 23.2 Å². The Kier molecular flexibility index (Phi) is 4.88. The third-order valence-corrected chi connectivity index (χ3v) is 4.04. The molecule has 1 atom stereocenters. The van der Waals surface area contributed by atoms with E-state index in [-0.39, 0.29) is 17.6 Å². The van der Waals surface area contributed by atoms with Crippen molar-refractivity contribution in [1.29, 1.82) is 0 Å². The summed E-state index contributed by atoms with van der Waals surface area (Å²) in [6.07, 6.45) is 2.34. The molecule has 1 fully saturated rings. The lowest BCUT2D eigenvalue weighted by atomic mass is 10.1. The summed E-state index contributed by atoms with van der Waals surface area (Å²) in [4.78, 5) is 18.5. The highest BCUT2D eigenvalue weighted by atomic mass is 35.5. The lowest BCUT2D eigenvalue weighted by Crippen LogP contribution is -2.36. The molecule has 1 aromatic carbocycles. The zero-order chi connectivity index (χ0) is 16.2. The standard InChI is InChI=1S/C17H16ClFN2O2/c18-16-6-1-12(9-20-16)10-21(15-4-2-14(19)3-5-15)17(22)13-7-8-23-11-13/h1-6,9,13H,7-8,10-11H2. The van der Waals surface area contributed by atoms with E-state index in [2.05, 4.69) is 4.98 Å². The number of halogens is 2. The van der Waals surface area contributed by atoms with E-state index in [1.54, 1.807) is 29.3 Å². The van der Waals surface area contributed by atoms with E-state index in [1.807, 2.05) is 6.07 Å². The van der Waals surface area contributed by atoms with Gasteiger partial charge in [-0.05, 0) is 42.3 Å². The normalized spacial score (nSPS) is 17.2. The van der Waals surface area contributed by atoms with E-state index in [9.17, 15) is 9.18 Å². The lowest BCUT2D eigenvalue weighted by molar-refractivity contribution is -0.122. The third-order valence-electron chi connectivity index (χ3n) is 3.81. The number of hydrogen-bond donors (Lipinski definition) is 0. The molecule has 1 aliphatic heterocycles. The van der Waals surface area contributed by atoms with Gasteiger partial charge in [-0.2, -0.15) is 0 Å². The summed E-state index contributed by atoms with van der Waals surface area (Å²) in [6, 6.07) is 9.41. The molecule has 1 unspecified atom stereocenters. The minimum absolute atomic E-state index is 0.0240. The maximum atomic E-state index is 13.2. The second kappa shape index (κ2) is 7.06. The maximum Gasteiger partial charge on any atom is 0.232 e. The molecular formula is C17H16ClFN2O2. The fraction of sp³-hybridized carbons (Fsp3) is 0.294. The Hall–Kier alpha value is -1.98. The van der Waals surface area contributed by atoms with Gasteiger partial charge in [0.25, 0.3) is 0 Å². The average Bonchev–Trinajstić information content (AvgIpc) is 3.09. The molecule has 0 spiro atoms. The number of aromatic nitrogens is 1. The van der Waals surface area contributed by atoms with Gasteiger partial charge in [0, 0.05) is 18.5 Å². The minimum atomic E-state index is -0.335. The Morgan fingerprint density at radius 2 is 2.09 bits per heavy atom. The first-order valence-electron chi connectivity index (χ1n) is 7.38. The average molecular weight is 335 g/mol. The number of amides is 1. The van der Waals surface area contributed by atoms with Crippen LogP contribution in [0.15, 0.2) is 42.6 Å². The van der Waals surface area contributed by atoms with Gasteiger partial charge >= 0.3 is 0 Å². The number of rotatable bonds is 4. The summed E-state index contributed by atoms with van der Waals surface area (Å²) in [7, 11) is 0. The molecule has 6 heteroatoms. The zero-order valence-electron chi connectivity index (χ0n) is 12.4. The molecule has 1 saturated heterocycles. The van der Waals surface area contributed by atoms with Crippen molar-refractivity contribution in [3.8, 4) is 0 Å². The van der Waals surface area contributed by atoms with E-state index in [4.69, 9.17) is 16.3 Å². The number of anilines is 1. The smallest absolute Gasteiger partial charge is 0.232 e. The van der Waals surface area contributed by atoms with Gasteiger partial charge in [0.1, 0.15) is 11.0 Å². The zero-order valence-corrected chi connectivity index (χ0v) is 13.2. The summed E-state index contributed by atoms with van der Waals surface area (Å²) in [5.74, 6) is -0.525. The molecule has 2 heterocycles. The SMILES string of the molecule is O=C(C1CCOC1)N(Cc1ccc(Cl)nc1)c1ccc(F)cc1. The number of benzene rings is 1. The van der Waals surface area contributed by atoms with Crippen LogP contribution in [0.4, 0.5) is 10.1 Å². The Bertz CT molecular complexity index is 670. The lowest BCUT2D eigenvalue weighted by Gasteiger charge is -2.25. The first-order chi connectivity index (χ1) is 11.1. The molecule has 3 rings (SSSR count). The highest BCUT2D eigenvalue weighted by Crippen LogP contribution is 2.24. The molecule has 0 aliphatic carbocycles. The molecule has 0 radical (unpaired) electrons. The van der Waals surface area contributed by atoms with E-state index in [0.29, 0.717) is 37.0 Å². The Morgan fingerprint density at radius 3 is 2.70 bits per heavy atom. The van der Waals surface area contributed by atoms with Crippen LogP contribution in [0.25, 0.3) is 0 Å². The van der Waals surface area contributed by atoms with Gasteiger partial charge in [-0.1, -0.05) is 17.7 Å². The van der Waals surface area contributed by atoms with Gasteiger partial charge in [0.2, 0.25) is 5.91 Å². The van der Waals surface area contributed by atoms with Crippen LogP contribution >= 0.6 is 11.6 Å². The summed E-state index contributed by atoms with van der Waals surface area (Å²) in [5.41, 5.74) is 1.50. The monoisotopic (exact) mass is 334 g/mol. The molecule has 4 nitrogen and oxygen atoms in total. The summed E-state index contributed by atoms with van der Waals surface area (Å²) in [5, 5.41) is 0.401. The molecule has 23 heavy (non-hydrogen) atoms. The Morgan fingerprint density at radius 1 is 1.30 bits per heavy atom. The van der Waals surface area contributed by atoms with Crippen molar-refractivity contribution in [1.82, 2.24) is 4.98 Å². The number of ether oxygens (including phenoxy) is 1. The Balaban J connectivity index is 1.87. The van der Waals surface area contributed by atoms with Gasteiger partial charge in [-0.25, -0.2) is 9.37 Å². The van der Waals surface area contributed by atoms with E-state index in [1.165, 1.54) is 12.1 Å². The van der Waals surface area contributed by atoms with Gasteiger partial charge in [-0.3, -0.25) is 4.79 Å². The van der Waals surface area contributed by atoms with Gasteiger partial charge < -0.3 is 9.64 Å². The van der Waals surface area contributed by atoms with Crippen LogP contribution in [-0.2, 0) is 16.1 Å². The van der Waals surface area contributed by atoms with Crippen molar-refractivity contribution in [2.75, 3.05) is 18.1 Å². The highest BCUT2D eigenvalue weighted by molar-refractivity contribution is 6.29. The van der Waals surface area contributed by atoms with Crippen molar-refractivity contribution in [2.45, 2.75) is 13.0 Å². The summed E-state index contributed by atoms with van der Waals surface area (Å²) < 4.78 is 18.5. The summed E-state index contributed by atoms with van der Waals surface area (Å²) in [6.45, 7) is 1.37. The number of pyridine rings is 1. The van der Waals surface area contributed by atoms with Crippen molar-refractivity contribution in [3.63, 3.8) is 0 Å². The van der Waals surface area contributed by atoms with Crippen molar-refractivity contribution in [2.24, 2.45) is 5.92 Å². The van der Waals surface area contributed by atoms with Crippen molar-refractivity contribution < 1.29 is 13.9 Å². The Labute approximate surface area is 138 Å². The van der Waals surface area contributed by atoms with Crippen LogP contribution in [0.1, 0.15) is 12.0 Å². The van der Waals surface area contributed by atoms with E-state index < -0.39 is 0 Å². The number of hydrogen-bond acceptors (Lipinski definition) is 3. The minimum Gasteiger partial charge on any atom is -0.381 e. The van der Waals surface area contributed by atoms with Gasteiger partial charge in [-0.15, -0.1) is 0 Å². The predicted octanol–water partition coefficient (Wildman–Crippen LogP) is 3.44. The van der Waals surface area contributed by atoms with E-state index in [0.717, 1.165) is 5.56 Å². The molecule has 1 amide bonds. The van der Waals surface area contributed by atoms with Gasteiger partial charge in [0.05, 0.1) is 19.1 Å². The first kappa shape index (κ1) is 15.9. The van der Waals surface area contributed by atoms with Crippen LogP contribution in [-0.4, -0.2) is 24.1 Å². The number of carbonyl (C=O) groups is 1. The number of nitrogens with zero attached hydrogens (tertiary/aromatic N) is 2. The van der Waals surface area contributed by atoms with Crippen molar-refractivity contribution in [3.05, 3.63) is 59.1 Å². The van der Waals surface area contributed by atoms with E-state index >= 15 is 0 Å². The first-order valence-corrected chi connectivity index (χ1v) is 7.76. The topological polar surface area (TPSA) is 42.4 Å². The third kappa shape index (κ3) is 3.86. The highest BCUT2D eigenvalue weighted by Gasteiger charge is 2.29. The molecule has 0 saturated carbocycles. The van der Waals surface area contributed by atoms with Crippen LogP contribution in [0.3, 0.4) is 0 Å². The molecule has 0 bridgehead atoms. The van der Waals surface area contributed by atoms with Crippen LogP contribution in [0, 0.1) is 11.7 Å². The van der Waals surface area contributed by atoms with Crippen LogP contribution in [0.5, 0.6) is 0 Å². The fourth-order valence-electron chi connectivity index (χ4n) is 2.55. The second-order valence-corrected chi connectivity index (χ2v) is 5.84. The summed E-state index contributed by atoms with van der Waals surface area (Å²) >= 11 is 5.80. The maximum absolute atomic E-state index is 13.2. The molecule has 1 aliphatic rings. The van der Waals surface area contributed by atoms with Gasteiger partial charge in [0.15, 0.2) is 0 Å². The molecule has 1 aromatic heterocycles. The second-order valence-electron chi connectivity index (χ2n) is 5.45. The largest absolute Gasteiger partial charge is 0.381 e. The van der Waals surface area contributed by atoms with Crippen LogP contribution < -0.4 is 4.90 Å².